The minimum Gasteiger partial charge on any atom is -0.394 e. The van der Waals surface area contributed by atoms with E-state index in [9.17, 15) is 4.79 Å². The highest BCUT2D eigenvalue weighted by molar-refractivity contribution is 5.97. The molecule has 0 aliphatic rings. The smallest absolute Gasteiger partial charge is 0.252 e. The summed E-state index contributed by atoms with van der Waals surface area (Å²) in [6.07, 6.45) is 0. The van der Waals surface area contributed by atoms with Gasteiger partial charge in [-0.3, -0.25) is 4.79 Å². The fraction of sp³-hybridized carbons (Fsp3) is 0.417. The SMILES string of the molecule is Cc1cccc(C)c1C(=O)N[C@H](C)CO. The number of benzene rings is 1. The standard InChI is InChI=1S/C12H17NO2/c1-8-5-4-6-9(2)11(8)12(15)13-10(3)7-14/h4-6,10,14H,7H2,1-3H3,(H,13,15)/t10-/m1/s1. The predicted molar refractivity (Wildman–Crippen MR) is 59.9 cm³/mol. The van der Waals surface area contributed by atoms with E-state index < -0.39 is 0 Å². The van der Waals surface area contributed by atoms with Gasteiger partial charge in [0, 0.05) is 11.6 Å². The first kappa shape index (κ1) is 11.7. The van der Waals surface area contributed by atoms with Crippen molar-refractivity contribution in [3.05, 3.63) is 34.9 Å². The average molecular weight is 207 g/mol. The molecule has 1 amide bonds. The van der Waals surface area contributed by atoms with E-state index in [-0.39, 0.29) is 18.6 Å². The lowest BCUT2D eigenvalue weighted by Gasteiger charge is -2.13. The van der Waals surface area contributed by atoms with E-state index in [0.717, 1.165) is 11.1 Å². The van der Waals surface area contributed by atoms with Crippen LogP contribution in [0.4, 0.5) is 0 Å². The van der Waals surface area contributed by atoms with Gasteiger partial charge in [-0.1, -0.05) is 18.2 Å². The van der Waals surface area contributed by atoms with Gasteiger partial charge in [-0.25, -0.2) is 0 Å². The third kappa shape index (κ3) is 2.80. The summed E-state index contributed by atoms with van der Waals surface area (Å²) in [7, 11) is 0. The molecule has 15 heavy (non-hydrogen) atoms. The lowest BCUT2D eigenvalue weighted by atomic mass is 10.0. The molecule has 0 heterocycles. The third-order valence-electron chi connectivity index (χ3n) is 2.36. The largest absolute Gasteiger partial charge is 0.394 e. The lowest BCUT2D eigenvalue weighted by molar-refractivity contribution is 0.0921. The summed E-state index contributed by atoms with van der Waals surface area (Å²) in [4.78, 5) is 11.8. The van der Waals surface area contributed by atoms with Crippen LogP contribution in [0.25, 0.3) is 0 Å². The van der Waals surface area contributed by atoms with Crippen LogP contribution in [0.1, 0.15) is 28.4 Å². The van der Waals surface area contributed by atoms with Gasteiger partial charge in [0.05, 0.1) is 6.61 Å². The van der Waals surface area contributed by atoms with Crippen molar-refractivity contribution in [3.8, 4) is 0 Å². The molecule has 0 saturated carbocycles. The Morgan fingerprint density at radius 2 is 1.93 bits per heavy atom. The normalized spacial score (nSPS) is 12.3. The number of hydrogen-bond acceptors (Lipinski definition) is 2. The van der Waals surface area contributed by atoms with Gasteiger partial charge in [0.1, 0.15) is 0 Å². The Morgan fingerprint density at radius 1 is 1.40 bits per heavy atom. The molecule has 0 aliphatic carbocycles. The topological polar surface area (TPSA) is 49.3 Å². The number of aryl methyl sites for hydroxylation is 2. The van der Waals surface area contributed by atoms with Crippen molar-refractivity contribution in [2.45, 2.75) is 26.8 Å². The minimum atomic E-state index is -0.212. The Kier molecular flexibility index (Phi) is 3.86. The molecule has 0 saturated heterocycles. The van der Waals surface area contributed by atoms with Crippen molar-refractivity contribution in [3.63, 3.8) is 0 Å². The Bertz CT molecular complexity index is 340. The molecule has 2 N–H and O–H groups in total. The number of carbonyl (C=O) groups excluding carboxylic acids is 1. The van der Waals surface area contributed by atoms with Crippen LogP contribution in [0.2, 0.25) is 0 Å². The highest BCUT2D eigenvalue weighted by atomic mass is 16.3. The maximum atomic E-state index is 11.8. The molecule has 1 atom stereocenters. The number of hydrogen-bond donors (Lipinski definition) is 2. The highest BCUT2D eigenvalue weighted by Gasteiger charge is 2.13. The van der Waals surface area contributed by atoms with Gasteiger partial charge in [-0.05, 0) is 31.9 Å². The number of aliphatic hydroxyl groups is 1. The molecular formula is C12H17NO2. The molecule has 82 valence electrons. The Labute approximate surface area is 90.1 Å². The van der Waals surface area contributed by atoms with Crippen LogP contribution in [0.3, 0.4) is 0 Å². The quantitative estimate of drug-likeness (QED) is 0.787. The monoisotopic (exact) mass is 207 g/mol. The molecule has 3 heteroatoms. The zero-order chi connectivity index (χ0) is 11.4. The zero-order valence-electron chi connectivity index (χ0n) is 9.37. The molecule has 0 radical (unpaired) electrons. The van der Waals surface area contributed by atoms with Crippen molar-refractivity contribution < 1.29 is 9.90 Å². The number of aliphatic hydroxyl groups excluding tert-OH is 1. The van der Waals surface area contributed by atoms with Gasteiger partial charge in [0.15, 0.2) is 0 Å². The van der Waals surface area contributed by atoms with Crippen LogP contribution in [-0.2, 0) is 0 Å². The fourth-order valence-electron chi connectivity index (χ4n) is 1.51. The summed E-state index contributed by atoms with van der Waals surface area (Å²) in [5, 5.41) is 11.6. The van der Waals surface area contributed by atoms with Crippen molar-refractivity contribution in [1.82, 2.24) is 5.32 Å². The van der Waals surface area contributed by atoms with Gasteiger partial charge in [-0.2, -0.15) is 0 Å². The molecule has 0 fully saturated rings. The Morgan fingerprint density at radius 3 is 2.40 bits per heavy atom. The molecule has 0 aromatic heterocycles. The van der Waals surface area contributed by atoms with Crippen molar-refractivity contribution in [2.75, 3.05) is 6.61 Å². The predicted octanol–water partition coefficient (Wildman–Crippen LogP) is 1.41. The van der Waals surface area contributed by atoms with Crippen LogP contribution >= 0.6 is 0 Å². The molecule has 1 aromatic rings. The van der Waals surface area contributed by atoms with E-state index in [1.165, 1.54) is 0 Å². The first-order chi connectivity index (χ1) is 7.06. The Hall–Kier alpha value is -1.35. The second-order valence-corrected chi connectivity index (χ2v) is 3.82. The van der Waals surface area contributed by atoms with Gasteiger partial charge < -0.3 is 10.4 Å². The molecule has 0 spiro atoms. The maximum absolute atomic E-state index is 11.8. The van der Waals surface area contributed by atoms with Gasteiger partial charge in [-0.15, -0.1) is 0 Å². The molecule has 1 aromatic carbocycles. The second-order valence-electron chi connectivity index (χ2n) is 3.82. The van der Waals surface area contributed by atoms with Crippen molar-refractivity contribution in [1.29, 1.82) is 0 Å². The third-order valence-corrected chi connectivity index (χ3v) is 2.36. The van der Waals surface area contributed by atoms with Crippen LogP contribution in [0.5, 0.6) is 0 Å². The molecule has 0 bridgehead atoms. The first-order valence-electron chi connectivity index (χ1n) is 5.04. The lowest BCUT2D eigenvalue weighted by Crippen LogP contribution is -2.35. The van der Waals surface area contributed by atoms with Crippen molar-refractivity contribution >= 4 is 5.91 Å². The van der Waals surface area contributed by atoms with Crippen molar-refractivity contribution in [2.24, 2.45) is 0 Å². The van der Waals surface area contributed by atoms with E-state index >= 15 is 0 Å². The molecule has 0 unspecified atom stereocenters. The summed E-state index contributed by atoms with van der Waals surface area (Å²) in [5.41, 5.74) is 2.62. The summed E-state index contributed by atoms with van der Waals surface area (Å²) in [6.45, 7) is 5.54. The van der Waals surface area contributed by atoms with E-state index in [2.05, 4.69) is 5.32 Å². The average Bonchev–Trinajstić information content (AvgIpc) is 2.17. The summed E-state index contributed by atoms with van der Waals surface area (Å²) >= 11 is 0. The maximum Gasteiger partial charge on any atom is 0.252 e. The summed E-state index contributed by atoms with van der Waals surface area (Å²) < 4.78 is 0. The van der Waals surface area contributed by atoms with E-state index in [0.29, 0.717) is 5.56 Å². The number of nitrogens with one attached hydrogen (secondary N) is 1. The molecular weight excluding hydrogens is 190 g/mol. The minimum absolute atomic E-state index is 0.0450. The van der Waals surface area contributed by atoms with Gasteiger partial charge >= 0.3 is 0 Å². The van der Waals surface area contributed by atoms with E-state index in [1.807, 2.05) is 32.0 Å². The highest BCUT2D eigenvalue weighted by Crippen LogP contribution is 2.12. The van der Waals surface area contributed by atoms with Crippen LogP contribution in [-0.4, -0.2) is 23.7 Å². The van der Waals surface area contributed by atoms with Crippen LogP contribution < -0.4 is 5.32 Å². The van der Waals surface area contributed by atoms with E-state index in [1.54, 1.807) is 6.92 Å². The van der Waals surface area contributed by atoms with Gasteiger partial charge in [0.2, 0.25) is 0 Å². The van der Waals surface area contributed by atoms with Gasteiger partial charge in [0.25, 0.3) is 5.91 Å². The van der Waals surface area contributed by atoms with Crippen LogP contribution in [0, 0.1) is 13.8 Å². The zero-order valence-corrected chi connectivity index (χ0v) is 9.37. The fourth-order valence-corrected chi connectivity index (χ4v) is 1.51. The number of rotatable bonds is 3. The summed E-state index contributed by atoms with van der Waals surface area (Å²) in [6, 6.07) is 5.53. The molecule has 3 nitrogen and oxygen atoms in total. The first-order valence-corrected chi connectivity index (χ1v) is 5.04. The Balaban J connectivity index is 2.91. The van der Waals surface area contributed by atoms with E-state index in [4.69, 9.17) is 5.11 Å². The summed E-state index contributed by atoms with van der Waals surface area (Å²) in [5.74, 6) is -0.118. The second kappa shape index (κ2) is 4.94. The number of carbonyl (C=O) groups is 1. The number of amides is 1. The molecule has 0 aliphatic heterocycles. The molecule has 1 rings (SSSR count). The van der Waals surface area contributed by atoms with Crippen LogP contribution in [0.15, 0.2) is 18.2 Å².